The monoisotopic (exact) mass is 300 g/mol. The molecule has 1 heterocycles. The van der Waals surface area contributed by atoms with Crippen LogP contribution >= 0.6 is 11.6 Å². The van der Waals surface area contributed by atoms with Gasteiger partial charge in [0.2, 0.25) is 11.2 Å². The highest BCUT2D eigenvalue weighted by Crippen LogP contribution is 2.20. The minimum absolute atomic E-state index is 0.00739. The second-order valence-corrected chi connectivity index (χ2v) is 5.42. The predicted molar refractivity (Wildman–Crippen MR) is 77.3 cm³/mol. The lowest BCUT2D eigenvalue weighted by Crippen LogP contribution is -2.17. The van der Waals surface area contributed by atoms with Crippen LogP contribution in [-0.4, -0.2) is 40.3 Å². The highest BCUT2D eigenvalue weighted by Gasteiger charge is 2.14. The number of hydrogen-bond donors (Lipinski definition) is 1. The Morgan fingerprint density at radius 2 is 2.00 bits per heavy atom. The maximum Gasteiger partial charge on any atom is 0.322 e. The van der Waals surface area contributed by atoms with E-state index in [-0.39, 0.29) is 17.4 Å². The minimum atomic E-state index is -0.00739. The zero-order valence-corrected chi connectivity index (χ0v) is 12.7. The number of hydrogen-bond acceptors (Lipinski definition) is 6. The van der Waals surface area contributed by atoms with Crippen molar-refractivity contribution in [3.05, 3.63) is 5.28 Å². The summed E-state index contributed by atoms with van der Waals surface area (Å²) < 4.78 is 11.2. The van der Waals surface area contributed by atoms with Crippen molar-refractivity contribution in [2.45, 2.75) is 51.7 Å². The van der Waals surface area contributed by atoms with Gasteiger partial charge in [-0.05, 0) is 38.3 Å². The first-order valence-corrected chi connectivity index (χ1v) is 7.45. The van der Waals surface area contributed by atoms with Crippen molar-refractivity contribution in [2.24, 2.45) is 0 Å². The van der Waals surface area contributed by atoms with E-state index in [0.717, 1.165) is 0 Å². The first-order valence-electron chi connectivity index (χ1n) is 7.07. The molecule has 0 spiro atoms. The third kappa shape index (κ3) is 5.09. The van der Waals surface area contributed by atoms with E-state index in [1.54, 1.807) is 0 Å². The van der Waals surface area contributed by atoms with Gasteiger partial charge in [0.25, 0.3) is 0 Å². The van der Waals surface area contributed by atoms with E-state index >= 15 is 0 Å². The number of aromatic nitrogens is 3. The maximum atomic E-state index is 5.84. The summed E-state index contributed by atoms with van der Waals surface area (Å²) in [6.07, 6.45) is 5.30. The summed E-state index contributed by atoms with van der Waals surface area (Å²) in [5.41, 5.74) is 0. The molecule has 1 aliphatic carbocycles. The molecule has 0 bridgehead atoms. The van der Waals surface area contributed by atoms with Crippen LogP contribution in [0, 0.1) is 0 Å². The molecule has 1 aliphatic rings. The van der Waals surface area contributed by atoms with Gasteiger partial charge in [0.05, 0.1) is 18.8 Å². The lowest BCUT2D eigenvalue weighted by atomic mass is 10.3. The smallest absolute Gasteiger partial charge is 0.322 e. The first kappa shape index (κ1) is 15.3. The molecule has 1 fully saturated rings. The molecule has 20 heavy (non-hydrogen) atoms. The number of ether oxygens (including phenoxy) is 2. The molecule has 6 nitrogen and oxygen atoms in total. The van der Waals surface area contributed by atoms with Gasteiger partial charge >= 0.3 is 6.01 Å². The fourth-order valence-electron chi connectivity index (χ4n) is 2.12. The van der Waals surface area contributed by atoms with E-state index in [0.29, 0.717) is 25.2 Å². The van der Waals surface area contributed by atoms with Crippen LogP contribution in [0.1, 0.15) is 39.5 Å². The quantitative estimate of drug-likeness (QED) is 0.781. The summed E-state index contributed by atoms with van der Waals surface area (Å²) in [5, 5.41) is 3.19. The molecule has 1 N–H and O–H groups in total. The van der Waals surface area contributed by atoms with Crippen LogP contribution in [0.2, 0.25) is 5.28 Å². The molecule has 0 aliphatic heterocycles. The molecular formula is C13H21ClN4O2. The van der Waals surface area contributed by atoms with Crippen LogP contribution < -0.4 is 10.1 Å². The second kappa shape index (κ2) is 7.59. The van der Waals surface area contributed by atoms with Gasteiger partial charge in [-0.15, -0.1) is 0 Å². The fraction of sp³-hybridized carbons (Fsp3) is 0.769. The van der Waals surface area contributed by atoms with Crippen LogP contribution in [0.15, 0.2) is 0 Å². The lowest BCUT2D eigenvalue weighted by molar-refractivity contribution is 0.0658. The van der Waals surface area contributed by atoms with Crippen LogP contribution in [0.25, 0.3) is 0 Å². The standard InChI is InChI=1S/C13H21ClN4O2/c1-9(2)20-13-17-11(14)16-12(18-13)15-7-8-19-10-5-3-4-6-10/h9-10H,3-8H2,1-2H3,(H,15,16,17,18). The first-order chi connectivity index (χ1) is 9.63. The van der Waals surface area contributed by atoms with E-state index in [1.807, 2.05) is 13.8 Å². The van der Waals surface area contributed by atoms with Crippen LogP contribution in [0.4, 0.5) is 5.95 Å². The molecule has 0 atom stereocenters. The van der Waals surface area contributed by atoms with Gasteiger partial charge in [-0.2, -0.15) is 15.0 Å². The highest BCUT2D eigenvalue weighted by molar-refractivity contribution is 6.28. The maximum absolute atomic E-state index is 5.84. The minimum Gasteiger partial charge on any atom is -0.461 e. The average molecular weight is 301 g/mol. The normalized spacial score (nSPS) is 15.8. The third-order valence-electron chi connectivity index (χ3n) is 2.97. The molecule has 0 radical (unpaired) electrons. The Morgan fingerprint density at radius 1 is 1.25 bits per heavy atom. The van der Waals surface area contributed by atoms with Crippen LogP contribution in [0.5, 0.6) is 6.01 Å². The molecule has 0 aromatic carbocycles. The molecule has 7 heteroatoms. The summed E-state index contributed by atoms with van der Waals surface area (Å²) in [5.74, 6) is 0.413. The Balaban J connectivity index is 1.77. The van der Waals surface area contributed by atoms with Crippen molar-refractivity contribution in [1.29, 1.82) is 0 Å². The number of nitrogens with one attached hydrogen (secondary N) is 1. The summed E-state index contributed by atoms with van der Waals surface area (Å²) in [4.78, 5) is 12.1. The number of rotatable bonds is 7. The number of anilines is 1. The Kier molecular flexibility index (Phi) is 5.79. The molecule has 1 aromatic rings. The molecular weight excluding hydrogens is 280 g/mol. The van der Waals surface area contributed by atoms with Crippen molar-refractivity contribution >= 4 is 17.5 Å². The van der Waals surface area contributed by atoms with Gasteiger partial charge < -0.3 is 14.8 Å². The van der Waals surface area contributed by atoms with Gasteiger partial charge in [0.15, 0.2) is 0 Å². The number of halogens is 1. The van der Waals surface area contributed by atoms with Gasteiger partial charge in [0, 0.05) is 6.54 Å². The van der Waals surface area contributed by atoms with Gasteiger partial charge in [0.1, 0.15) is 0 Å². The van der Waals surface area contributed by atoms with Crippen molar-refractivity contribution in [2.75, 3.05) is 18.5 Å². The van der Waals surface area contributed by atoms with E-state index < -0.39 is 0 Å². The highest BCUT2D eigenvalue weighted by atomic mass is 35.5. The summed E-state index contributed by atoms with van der Waals surface area (Å²) in [6, 6.07) is 0.235. The molecule has 2 rings (SSSR count). The van der Waals surface area contributed by atoms with Gasteiger partial charge in [-0.3, -0.25) is 0 Å². The summed E-state index contributed by atoms with van der Waals surface area (Å²) >= 11 is 5.84. The Labute approximate surface area is 124 Å². The zero-order chi connectivity index (χ0) is 14.4. The molecule has 1 aromatic heterocycles. The summed E-state index contributed by atoms with van der Waals surface area (Å²) in [6.45, 7) is 5.08. The van der Waals surface area contributed by atoms with E-state index in [9.17, 15) is 0 Å². The largest absolute Gasteiger partial charge is 0.461 e. The van der Waals surface area contributed by atoms with Crippen LogP contribution in [0.3, 0.4) is 0 Å². The fourth-order valence-corrected chi connectivity index (χ4v) is 2.27. The molecule has 0 saturated heterocycles. The van der Waals surface area contributed by atoms with Crippen LogP contribution in [-0.2, 0) is 4.74 Å². The third-order valence-corrected chi connectivity index (χ3v) is 3.14. The molecule has 112 valence electrons. The topological polar surface area (TPSA) is 69.2 Å². The average Bonchev–Trinajstić information content (AvgIpc) is 2.86. The molecule has 0 unspecified atom stereocenters. The Morgan fingerprint density at radius 3 is 2.70 bits per heavy atom. The Bertz CT molecular complexity index is 425. The molecule has 1 saturated carbocycles. The van der Waals surface area contributed by atoms with Crippen molar-refractivity contribution in [3.63, 3.8) is 0 Å². The summed E-state index contributed by atoms with van der Waals surface area (Å²) in [7, 11) is 0. The molecule has 0 amide bonds. The van der Waals surface area contributed by atoms with E-state index in [1.165, 1.54) is 25.7 Å². The predicted octanol–water partition coefficient (Wildman–Crippen LogP) is 2.68. The van der Waals surface area contributed by atoms with Crippen molar-refractivity contribution < 1.29 is 9.47 Å². The second-order valence-electron chi connectivity index (χ2n) is 5.08. The lowest BCUT2D eigenvalue weighted by Gasteiger charge is -2.12. The van der Waals surface area contributed by atoms with Crippen molar-refractivity contribution in [3.8, 4) is 6.01 Å². The Hall–Kier alpha value is -1.14. The van der Waals surface area contributed by atoms with Crippen molar-refractivity contribution in [1.82, 2.24) is 15.0 Å². The van der Waals surface area contributed by atoms with Gasteiger partial charge in [-0.1, -0.05) is 12.8 Å². The zero-order valence-electron chi connectivity index (χ0n) is 11.9. The van der Waals surface area contributed by atoms with E-state index in [4.69, 9.17) is 21.1 Å². The van der Waals surface area contributed by atoms with Gasteiger partial charge in [-0.25, -0.2) is 0 Å². The SMILES string of the molecule is CC(C)Oc1nc(Cl)nc(NCCOC2CCCC2)n1. The van der Waals surface area contributed by atoms with E-state index in [2.05, 4.69) is 20.3 Å². The number of nitrogens with zero attached hydrogens (tertiary/aromatic N) is 3.